The minimum atomic E-state index is -0.473. The lowest BCUT2D eigenvalue weighted by Gasteiger charge is -2.35. The standard InChI is InChI=1S/C25H31ClN2O4/c1-18(2)14-28(16-20-6-7-22-23(13-20)32-11-10-31-22)25(29)24-17-27(8-9-30-24)15-19-4-3-5-21(26)12-19/h3-7,12-13,18,24H,8-11,14-17H2,1-2H3. The summed E-state index contributed by atoms with van der Waals surface area (Å²) in [7, 11) is 0. The van der Waals surface area contributed by atoms with Crippen LogP contribution >= 0.6 is 11.6 Å². The SMILES string of the molecule is CC(C)CN(Cc1ccc2c(c1)OCCO2)C(=O)C1CN(Cc2cccc(Cl)c2)CCO1. The number of nitrogens with zero attached hydrogens (tertiary/aromatic N) is 2. The lowest BCUT2D eigenvalue weighted by Crippen LogP contribution is -2.51. The van der Waals surface area contributed by atoms with Gasteiger partial charge in [0.25, 0.3) is 5.91 Å². The number of ether oxygens (including phenoxy) is 3. The highest BCUT2D eigenvalue weighted by atomic mass is 35.5. The molecule has 7 heteroatoms. The molecule has 1 atom stereocenters. The molecule has 172 valence electrons. The van der Waals surface area contributed by atoms with E-state index in [1.54, 1.807) is 0 Å². The molecule has 0 aliphatic carbocycles. The maximum absolute atomic E-state index is 13.5. The van der Waals surface area contributed by atoms with Crippen LogP contribution in [0.1, 0.15) is 25.0 Å². The van der Waals surface area contributed by atoms with Crippen LogP contribution in [0.25, 0.3) is 0 Å². The number of carbonyl (C=O) groups is 1. The molecular formula is C25H31ClN2O4. The number of benzene rings is 2. The van der Waals surface area contributed by atoms with Crippen molar-refractivity contribution in [1.29, 1.82) is 0 Å². The van der Waals surface area contributed by atoms with Gasteiger partial charge in [-0.3, -0.25) is 9.69 Å². The summed E-state index contributed by atoms with van der Waals surface area (Å²) in [6.07, 6.45) is -0.473. The average Bonchev–Trinajstić information content (AvgIpc) is 2.78. The van der Waals surface area contributed by atoms with E-state index in [1.807, 2.05) is 41.3 Å². The monoisotopic (exact) mass is 458 g/mol. The van der Waals surface area contributed by atoms with E-state index in [4.69, 9.17) is 25.8 Å². The van der Waals surface area contributed by atoms with Gasteiger partial charge in [-0.2, -0.15) is 0 Å². The van der Waals surface area contributed by atoms with Crippen molar-refractivity contribution in [3.8, 4) is 11.5 Å². The second-order valence-electron chi connectivity index (χ2n) is 8.82. The molecule has 0 radical (unpaired) electrons. The van der Waals surface area contributed by atoms with Crippen LogP contribution in [0.3, 0.4) is 0 Å². The fraction of sp³-hybridized carbons (Fsp3) is 0.480. The van der Waals surface area contributed by atoms with E-state index in [0.717, 1.165) is 40.7 Å². The Balaban J connectivity index is 1.43. The van der Waals surface area contributed by atoms with E-state index >= 15 is 0 Å². The Morgan fingerprint density at radius 1 is 1.09 bits per heavy atom. The summed E-state index contributed by atoms with van der Waals surface area (Å²) in [5.41, 5.74) is 2.16. The third-order valence-electron chi connectivity index (χ3n) is 5.60. The molecule has 6 nitrogen and oxygen atoms in total. The average molecular weight is 459 g/mol. The van der Waals surface area contributed by atoms with Crippen molar-refractivity contribution in [3.63, 3.8) is 0 Å². The third kappa shape index (κ3) is 5.94. The number of hydrogen-bond donors (Lipinski definition) is 0. The summed E-state index contributed by atoms with van der Waals surface area (Å²) in [5.74, 6) is 1.88. The molecule has 32 heavy (non-hydrogen) atoms. The van der Waals surface area contributed by atoms with Gasteiger partial charge in [-0.25, -0.2) is 0 Å². The smallest absolute Gasteiger partial charge is 0.253 e. The highest BCUT2D eigenvalue weighted by Crippen LogP contribution is 2.31. The number of carbonyl (C=O) groups excluding carboxylic acids is 1. The highest BCUT2D eigenvalue weighted by molar-refractivity contribution is 6.30. The third-order valence-corrected chi connectivity index (χ3v) is 5.83. The Hall–Kier alpha value is -2.28. The highest BCUT2D eigenvalue weighted by Gasteiger charge is 2.31. The van der Waals surface area contributed by atoms with E-state index in [2.05, 4.69) is 24.8 Å². The van der Waals surface area contributed by atoms with E-state index < -0.39 is 6.10 Å². The quantitative estimate of drug-likeness (QED) is 0.627. The molecule has 1 unspecified atom stereocenters. The van der Waals surface area contributed by atoms with Gasteiger partial charge < -0.3 is 19.1 Å². The molecule has 0 N–H and O–H groups in total. The Bertz CT molecular complexity index is 936. The van der Waals surface area contributed by atoms with Crippen LogP contribution in [0.2, 0.25) is 5.02 Å². The number of rotatable bonds is 7. The molecule has 0 aromatic heterocycles. The van der Waals surface area contributed by atoms with Gasteiger partial charge in [0.1, 0.15) is 19.3 Å². The lowest BCUT2D eigenvalue weighted by molar-refractivity contribution is -0.151. The first-order valence-electron chi connectivity index (χ1n) is 11.2. The van der Waals surface area contributed by atoms with Gasteiger partial charge in [0.2, 0.25) is 0 Å². The number of halogens is 1. The summed E-state index contributed by atoms with van der Waals surface area (Å²) < 4.78 is 17.3. The molecule has 0 bridgehead atoms. The van der Waals surface area contributed by atoms with Crippen LogP contribution in [0.4, 0.5) is 0 Å². The summed E-state index contributed by atoms with van der Waals surface area (Å²) in [5, 5.41) is 0.728. The molecule has 0 saturated carbocycles. The molecule has 1 fully saturated rings. The predicted octanol–water partition coefficient (Wildman–Crippen LogP) is 4.00. The van der Waals surface area contributed by atoms with E-state index in [0.29, 0.717) is 45.4 Å². The zero-order valence-corrected chi connectivity index (χ0v) is 19.5. The Morgan fingerprint density at radius 2 is 1.91 bits per heavy atom. The molecule has 4 rings (SSSR count). The van der Waals surface area contributed by atoms with Crippen molar-refractivity contribution in [3.05, 3.63) is 58.6 Å². The second-order valence-corrected chi connectivity index (χ2v) is 9.25. The molecule has 1 amide bonds. The van der Waals surface area contributed by atoms with Crippen molar-refractivity contribution in [2.45, 2.75) is 33.0 Å². The molecule has 2 aromatic carbocycles. The summed E-state index contributed by atoms with van der Waals surface area (Å²) in [6.45, 7) is 9.19. The van der Waals surface area contributed by atoms with Crippen molar-refractivity contribution >= 4 is 17.5 Å². The number of amides is 1. The normalized spacial score (nSPS) is 18.6. The van der Waals surface area contributed by atoms with Crippen molar-refractivity contribution in [1.82, 2.24) is 9.80 Å². The van der Waals surface area contributed by atoms with Gasteiger partial charge in [-0.1, -0.05) is 43.6 Å². The second kappa shape index (κ2) is 10.6. The van der Waals surface area contributed by atoms with Crippen LogP contribution in [0.5, 0.6) is 11.5 Å². The first-order valence-corrected chi connectivity index (χ1v) is 11.6. The topological polar surface area (TPSA) is 51.2 Å². The lowest BCUT2D eigenvalue weighted by atomic mass is 10.1. The zero-order valence-electron chi connectivity index (χ0n) is 18.8. The number of fused-ring (bicyclic) bond motifs is 1. The van der Waals surface area contributed by atoms with E-state index in [9.17, 15) is 4.79 Å². The zero-order chi connectivity index (χ0) is 22.5. The minimum absolute atomic E-state index is 0.0318. The summed E-state index contributed by atoms with van der Waals surface area (Å²) in [4.78, 5) is 17.6. The molecule has 2 aliphatic rings. The number of hydrogen-bond acceptors (Lipinski definition) is 5. The fourth-order valence-electron chi connectivity index (χ4n) is 4.17. The van der Waals surface area contributed by atoms with Crippen molar-refractivity contribution in [2.75, 3.05) is 39.5 Å². The molecular weight excluding hydrogens is 428 g/mol. The summed E-state index contributed by atoms with van der Waals surface area (Å²) in [6, 6.07) is 13.8. The van der Waals surface area contributed by atoms with Gasteiger partial charge in [-0.05, 0) is 41.3 Å². The first-order chi connectivity index (χ1) is 15.5. The Labute approximate surface area is 195 Å². The maximum Gasteiger partial charge on any atom is 0.253 e. The minimum Gasteiger partial charge on any atom is -0.486 e. The molecule has 2 aliphatic heterocycles. The van der Waals surface area contributed by atoms with Crippen LogP contribution < -0.4 is 9.47 Å². The van der Waals surface area contributed by atoms with Gasteiger partial charge in [0, 0.05) is 37.7 Å². The van der Waals surface area contributed by atoms with Crippen LogP contribution in [0, 0.1) is 5.92 Å². The summed E-state index contributed by atoms with van der Waals surface area (Å²) >= 11 is 6.13. The van der Waals surface area contributed by atoms with Crippen LogP contribution in [0.15, 0.2) is 42.5 Å². The van der Waals surface area contributed by atoms with Gasteiger partial charge in [-0.15, -0.1) is 0 Å². The number of morpholine rings is 1. The van der Waals surface area contributed by atoms with Crippen LogP contribution in [-0.4, -0.2) is 61.3 Å². The fourth-order valence-corrected chi connectivity index (χ4v) is 4.39. The molecule has 2 heterocycles. The first kappa shape index (κ1) is 22.9. The van der Waals surface area contributed by atoms with Crippen LogP contribution in [-0.2, 0) is 22.6 Å². The largest absolute Gasteiger partial charge is 0.486 e. The van der Waals surface area contributed by atoms with Gasteiger partial charge >= 0.3 is 0 Å². The van der Waals surface area contributed by atoms with Gasteiger partial charge in [0.15, 0.2) is 11.5 Å². The molecule has 2 aromatic rings. The Kier molecular flexibility index (Phi) is 7.55. The van der Waals surface area contributed by atoms with Crippen molar-refractivity contribution in [2.24, 2.45) is 5.92 Å². The molecule has 1 saturated heterocycles. The maximum atomic E-state index is 13.5. The van der Waals surface area contributed by atoms with Crippen molar-refractivity contribution < 1.29 is 19.0 Å². The van der Waals surface area contributed by atoms with E-state index in [1.165, 1.54) is 0 Å². The van der Waals surface area contributed by atoms with E-state index in [-0.39, 0.29) is 5.91 Å². The Morgan fingerprint density at radius 3 is 2.69 bits per heavy atom. The van der Waals surface area contributed by atoms with Gasteiger partial charge in [0.05, 0.1) is 6.61 Å². The predicted molar refractivity (Wildman–Crippen MR) is 124 cm³/mol. The molecule has 0 spiro atoms.